The molecule has 0 bridgehead atoms. The number of benzene rings is 1. The number of rotatable bonds is 4. The third-order valence-electron chi connectivity index (χ3n) is 4.68. The lowest BCUT2D eigenvalue weighted by molar-refractivity contribution is -0.387. The Morgan fingerprint density at radius 2 is 1.90 bits per heavy atom. The number of hydrogen-bond acceptors (Lipinski definition) is 5. The lowest BCUT2D eigenvalue weighted by atomic mass is 9.95. The van der Waals surface area contributed by atoms with Crippen molar-refractivity contribution in [2.45, 2.75) is 19.0 Å². The molecule has 0 radical (unpaired) electrons. The van der Waals surface area contributed by atoms with Gasteiger partial charge in [-0.3, -0.25) is 14.9 Å². The van der Waals surface area contributed by atoms with E-state index in [9.17, 15) is 32.5 Å². The van der Waals surface area contributed by atoms with Crippen molar-refractivity contribution in [2.24, 2.45) is 5.92 Å². The SMILES string of the molecule is O=C(Nc1ccc(F)c([N+](=O)[O-])c1)C1CCN(c2ccc(C(F)(F)F)cn2)CC1. The first-order valence-corrected chi connectivity index (χ1v) is 8.68. The molecule has 7 nitrogen and oxygen atoms in total. The number of hydrogen-bond donors (Lipinski definition) is 1. The highest BCUT2D eigenvalue weighted by Crippen LogP contribution is 2.30. The maximum Gasteiger partial charge on any atom is 0.417 e. The van der Waals surface area contributed by atoms with Gasteiger partial charge in [0, 0.05) is 37.0 Å². The van der Waals surface area contributed by atoms with Crippen LogP contribution >= 0.6 is 0 Å². The van der Waals surface area contributed by atoms with E-state index >= 15 is 0 Å². The minimum absolute atomic E-state index is 0.120. The predicted octanol–water partition coefficient (Wildman–Crippen LogP) is 4.00. The highest BCUT2D eigenvalue weighted by atomic mass is 19.4. The highest BCUT2D eigenvalue weighted by Gasteiger charge is 2.31. The van der Waals surface area contributed by atoms with Gasteiger partial charge in [-0.1, -0.05) is 0 Å². The second-order valence-corrected chi connectivity index (χ2v) is 6.58. The molecule has 1 amide bonds. The van der Waals surface area contributed by atoms with Crippen LogP contribution in [-0.4, -0.2) is 28.9 Å². The van der Waals surface area contributed by atoms with E-state index in [1.807, 2.05) is 0 Å². The van der Waals surface area contributed by atoms with E-state index in [0.29, 0.717) is 31.7 Å². The number of nitrogens with one attached hydrogen (secondary N) is 1. The molecule has 0 aliphatic carbocycles. The van der Waals surface area contributed by atoms with Gasteiger partial charge in [-0.05, 0) is 37.1 Å². The number of halogens is 4. The summed E-state index contributed by atoms with van der Waals surface area (Å²) >= 11 is 0. The van der Waals surface area contributed by atoms with Crippen LogP contribution in [0.25, 0.3) is 0 Å². The Hall–Kier alpha value is -3.24. The minimum Gasteiger partial charge on any atom is -0.357 e. The minimum atomic E-state index is -4.45. The average molecular weight is 412 g/mol. The number of amides is 1. The third kappa shape index (κ3) is 4.79. The summed E-state index contributed by atoms with van der Waals surface area (Å²) < 4.78 is 51.2. The first-order valence-electron chi connectivity index (χ1n) is 8.68. The van der Waals surface area contributed by atoms with Crippen molar-refractivity contribution in [3.63, 3.8) is 0 Å². The Labute approximate surface area is 162 Å². The van der Waals surface area contributed by atoms with Gasteiger partial charge in [0.05, 0.1) is 10.5 Å². The van der Waals surface area contributed by atoms with E-state index in [4.69, 9.17) is 0 Å². The van der Waals surface area contributed by atoms with Gasteiger partial charge in [0.15, 0.2) is 0 Å². The molecule has 2 aromatic rings. The number of aromatic nitrogens is 1. The molecule has 0 saturated carbocycles. The zero-order valence-corrected chi connectivity index (χ0v) is 14.9. The van der Waals surface area contributed by atoms with Crippen molar-refractivity contribution in [2.75, 3.05) is 23.3 Å². The smallest absolute Gasteiger partial charge is 0.357 e. The second kappa shape index (κ2) is 8.02. The quantitative estimate of drug-likeness (QED) is 0.466. The first kappa shape index (κ1) is 20.5. The summed E-state index contributed by atoms with van der Waals surface area (Å²) in [6.07, 6.45) is -2.82. The average Bonchev–Trinajstić information content (AvgIpc) is 2.69. The number of nitrogens with zero attached hydrogens (tertiary/aromatic N) is 3. The number of carbonyl (C=O) groups excluding carboxylic acids is 1. The number of piperidine rings is 1. The molecule has 1 aliphatic heterocycles. The van der Waals surface area contributed by atoms with Crippen molar-refractivity contribution in [1.29, 1.82) is 0 Å². The van der Waals surface area contributed by atoms with Crippen LogP contribution in [0.2, 0.25) is 0 Å². The Morgan fingerprint density at radius 1 is 1.21 bits per heavy atom. The number of carbonyl (C=O) groups is 1. The van der Waals surface area contributed by atoms with E-state index < -0.39 is 28.2 Å². The Balaban J connectivity index is 1.58. The zero-order chi connectivity index (χ0) is 21.2. The summed E-state index contributed by atoms with van der Waals surface area (Å²) in [5.74, 6) is -1.34. The molecule has 0 unspecified atom stereocenters. The fraction of sp³-hybridized carbons (Fsp3) is 0.333. The lowest BCUT2D eigenvalue weighted by Crippen LogP contribution is -2.38. The van der Waals surface area contributed by atoms with Crippen LogP contribution in [0.3, 0.4) is 0 Å². The molecule has 1 N–H and O–H groups in total. The molecule has 2 heterocycles. The number of nitro groups is 1. The molecule has 0 spiro atoms. The van der Waals surface area contributed by atoms with Crippen molar-refractivity contribution in [3.8, 4) is 0 Å². The molecular weight excluding hydrogens is 396 g/mol. The predicted molar refractivity (Wildman–Crippen MR) is 95.9 cm³/mol. The maximum atomic E-state index is 13.4. The summed E-state index contributed by atoms with van der Waals surface area (Å²) in [5.41, 5.74) is -1.44. The fourth-order valence-corrected chi connectivity index (χ4v) is 3.09. The summed E-state index contributed by atoms with van der Waals surface area (Å²) in [6, 6.07) is 5.35. The second-order valence-electron chi connectivity index (χ2n) is 6.58. The van der Waals surface area contributed by atoms with Crippen LogP contribution in [-0.2, 0) is 11.0 Å². The molecule has 154 valence electrons. The molecule has 11 heteroatoms. The normalized spacial score (nSPS) is 15.2. The maximum absolute atomic E-state index is 13.4. The van der Waals surface area contributed by atoms with Gasteiger partial charge in [-0.15, -0.1) is 0 Å². The van der Waals surface area contributed by atoms with Crippen molar-refractivity contribution in [3.05, 3.63) is 58.0 Å². The largest absolute Gasteiger partial charge is 0.417 e. The molecule has 1 saturated heterocycles. The van der Waals surface area contributed by atoms with Crippen LogP contribution < -0.4 is 10.2 Å². The van der Waals surface area contributed by atoms with Gasteiger partial charge in [0.2, 0.25) is 11.7 Å². The summed E-state index contributed by atoms with van der Waals surface area (Å²) in [7, 11) is 0. The lowest BCUT2D eigenvalue weighted by Gasteiger charge is -2.32. The molecular formula is C18H16F4N4O3. The summed E-state index contributed by atoms with van der Waals surface area (Å²) in [6.45, 7) is 0.833. The molecule has 0 atom stereocenters. The molecule has 1 aromatic heterocycles. The Bertz CT molecular complexity index is 910. The third-order valence-corrected chi connectivity index (χ3v) is 4.68. The molecule has 29 heavy (non-hydrogen) atoms. The topological polar surface area (TPSA) is 88.4 Å². The van der Waals surface area contributed by atoms with E-state index in [0.717, 1.165) is 24.4 Å². The van der Waals surface area contributed by atoms with E-state index in [-0.39, 0.29) is 17.5 Å². The van der Waals surface area contributed by atoms with Gasteiger partial charge in [0.25, 0.3) is 0 Å². The number of alkyl halides is 3. The number of nitro benzene ring substituents is 1. The van der Waals surface area contributed by atoms with Crippen LogP contribution in [0.1, 0.15) is 18.4 Å². The van der Waals surface area contributed by atoms with Crippen molar-refractivity contribution >= 4 is 23.1 Å². The fourth-order valence-electron chi connectivity index (χ4n) is 3.09. The van der Waals surface area contributed by atoms with Gasteiger partial charge in [0.1, 0.15) is 5.82 Å². The van der Waals surface area contributed by atoms with Gasteiger partial charge < -0.3 is 10.2 Å². The van der Waals surface area contributed by atoms with Crippen molar-refractivity contribution < 1.29 is 27.3 Å². The van der Waals surface area contributed by atoms with Crippen LogP contribution in [0, 0.1) is 21.8 Å². The standard InChI is InChI=1S/C18H16F4N4O3/c19-14-3-2-13(9-15(14)26(28)29)24-17(27)11-5-7-25(8-6-11)16-4-1-12(10-23-16)18(20,21)22/h1-4,9-11H,5-8H2,(H,24,27). The van der Waals surface area contributed by atoms with Crippen molar-refractivity contribution in [1.82, 2.24) is 4.98 Å². The van der Waals surface area contributed by atoms with Crippen LogP contribution in [0.4, 0.5) is 34.8 Å². The molecule has 1 aromatic carbocycles. The van der Waals surface area contributed by atoms with E-state index in [1.165, 1.54) is 12.1 Å². The molecule has 1 aliphatic rings. The summed E-state index contributed by atoms with van der Waals surface area (Å²) in [4.78, 5) is 27.9. The van der Waals surface area contributed by atoms with Gasteiger partial charge >= 0.3 is 11.9 Å². The van der Waals surface area contributed by atoms with Gasteiger partial charge in [-0.2, -0.15) is 17.6 Å². The monoisotopic (exact) mass is 412 g/mol. The van der Waals surface area contributed by atoms with E-state index in [2.05, 4.69) is 10.3 Å². The van der Waals surface area contributed by atoms with E-state index in [1.54, 1.807) is 4.90 Å². The highest BCUT2D eigenvalue weighted by molar-refractivity contribution is 5.93. The Morgan fingerprint density at radius 3 is 2.45 bits per heavy atom. The number of anilines is 2. The first-order chi connectivity index (χ1) is 13.6. The summed E-state index contributed by atoms with van der Waals surface area (Å²) in [5, 5.41) is 13.3. The zero-order valence-electron chi connectivity index (χ0n) is 14.9. The molecule has 1 fully saturated rings. The van der Waals surface area contributed by atoms with Crippen LogP contribution in [0.15, 0.2) is 36.5 Å². The Kier molecular flexibility index (Phi) is 5.66. The van der Waals surface area contributed by atoms with Gasteiger partial charge in [-0.25, -0.2) is 4.98 Å². The number of pyridine rings is 1. The molecule has 3 rings (SSSR count). The van der Waals surface area contributed by atoms with Crippen LogP contribution in [0.5, 0.6) is 0 Å².